The van der Waals surface area contributed by atoms with Gasteiger partial charge in [-0.3, -0.25) is 4.79 Å². The highest BCUT2D eigenvalue weighted by atomic mass is 79.9. The molecule has 1 aliphatic heterocycles. The van der Waals surface area contributed by atoms with Gasteiger partial charge in [-0.2, -0.15) is 0 Å². The first-order chi connectivity index (χ1) is 8.90. The number of aliphatic carboxylic acids is 1. The van der Waals surface area contributed by atoms with Crippen LogP contribution >= 0.6 is 27.5 Å². The molecule has 0 aliphatic carbocycles. The minimum Gasteiger partial charge on any atom is -0.480 e. The maximum absolute atomic E-state index is 12.3. The minimum absolute atomic E-state index is 0.00118. The van der Waals surface area contributed by atoms with Crippen LogP contribution in [0.3, 0.4) is 0 Å². The molecule has 1 amide bonds. The van der Waals surface area contributed by atoms with E-state index in [0.717, 1.165) is 4.90 Å². The lowest BCUT2D eigenvalue weighted by molar-refractivity contribution is -0.141. The van der Waals surface area contributed by atoms with E-state index in [1.807, 2.05) is 0 Å². The lowest BCUT2D eigenvalue weighted by Gasteiger charge is -2.21. The third-order valence-electron chi connectivity index (χ3n) is 2.86. The Kier molecular flexibility index (Phi) is 4.07. The number of hydrogen-bond donors (Lipinski definition) is 2. The number of carbonyl (C=O) groups excluding carboxylic acids is 1. The number of hydrogen-bond acceptors (Lipinski definition) is 4. The predicted octanol–water partition coefficient (Wildman–Crippen LogP) is 1.16. The Labute approximate surface area is 122 Å². The second-order valence-electron chi connectivity index (χ2n) is 4.19. The van der Waals surface area contributed by atoms with E-state index in [4.69, 9.17) is 16.7 Å². The van der Waals surface area contributed by atoms with E-state index >= 15 is 0 Å². The summed E-state index contributed by atoms with van der Waals surface area (Å²) in [5.41, 5.74) is 0.108. The molecule has 1 saturated heterocycles. The lowest BCUT2D eigenvalue weighted by Crippen LogP contribution is -2.40. The molecule has 2 heterocycles. The highest BCUT2D eigenvalue weighted by Crippen LogP contribution is 2.25. The second kappa shape index (κ2) is 5.44. The monoisotopic (exact) mass is 348 g/mol. The zero-order valence-electron chi connectivity index (χ0n) is 9.58. The van der Waals surface area contributed by atoms with E-state index in [9.17, 15) is 14.7 Å². The van der Waals surface area contributed by atoms with Gasteiger partial charge < -0.3 is 15.1 Å². The van der Waals surface area contributed by atoms with Gasteiger partial charge in [-0.25, -0.2) is 9.78 Å². The number of carboxylic acid groups (broad SMARTS) is 1. The average molecular weight is 350 g/mol. The van der Waals surface area contributed by atoms with Crippen molar-refractivity contribution < 1.29 is 19.8 Å². The van der Waals surface area contributed by atoms with Crippen molar-refractivity contribution in [2.45, 2.75) is 18.6 Å². The fourth-order valence-electron chi connectivity index (χ4n) is 2.00. The number of carbonyl (C=O) groups is 2. The molecule has 0 radical (unpaired) electrons. The van der Waals surface area contributed by atoms with Gasteiger partial charge in [0.05, 0.1) is 11.7 Å². The first-order valence-corrected chi connectivity index (χ1v) is 6.60. The van der Waals surface area contributed by atoms with E-state index in [0.29, 0.717) is 4.47 Å². The van der Waals surface area contributed by atoms with E-state index < -0.39 is 24.0 Å². The quantitative estimate of drug-likeness (QED) is 0.782. The SMILES string of the molecule is O=C(O)[C@@H]1CC(O)CN1C(=O)c1cc(Br)cnc1Cl. The Bertz CT molecular complexity index is 539. The number of likely N-dealkylation sites (tertiary alicyclic amines) is 1. The van der Waals surface area contributed by atoms with Crippen molar-refractivity contribution in [3.63, 3.8) is 0 Å². The largest absolute Gasteiger partial charge is 0.480 e. The summed E-state index contributed by atoms with van der Waals surface area (Å²) in [7, 11) is 0. The van der Waals surface area contributed by atoms with Crippen molar-refractivity contribution in [1.82, 2.24) is 9.88 Å². The average Bonchev–Trinajstić information content (AvgIpc) is 2.74. The van der Waals surface area contributed by atoms with Crippen LogP contribution in [0.4, 0.5) is 0 Å². The fourth-order valence-corrected chi connectivity index (χ4v) is 2.52. The molecule has 0 bridgehead atoms. The Morgan fingerprint density at radius 3 is 2.84 bits per heavy atom. The van der Waals surface area contributed by atoms with Crippen LogP contribution in [0.25, 0.3) is 0 Å². The molecule has 6 nitrogen and oxygen atoms in total. The maximum Gasteiger partial charge on any atom is 0.326 e. The number of aromatic nitrogens is 1. The molecular weight excluding hydrogens is 339 g/mol. The lowest BCUT2D eigenvalue weighted by atomic mass is 10.2. The molecule has 1 unspecified atom stereocenters. The molecule has 2 atom stereocenters. The van der Waals surface area contributed by atoms with E-state index in [2.05, 4.69) is 20.9 Å². The highest BCUT2D eigenvalue weighted by molar-refractivity contribution is 9.10. The van der Waals surface area contributed by atoms with Crippen molar-refractivity contribution in [3.05, 3.63) is 27.5 Å². The van der Waals surface area contributed by atoms with Gasteiger partial charge in [-0.15, -0.1) is 0 Å². The van der Waals surface area contributed by atoms with Gasteiger partial charge in [0, 0.05) is 23.6 Å². The number of carboxylic acids is 1. The number of rotatable bonds is 2. The first-order valence-electron chi connectivity index (χ1n) is 5.43. The topological polar surface area (TPSA) is 90.7 Å². The summed E-state index contributed by atoms with van der Waals surface area (Å²) in [5.74, 6) is -1.70. The van der Waals surface area contributed by atoms with Crippen LogP contribution in [-0.2, 0) is 4.79 Å². The van der Waals surface area contributed by atoms with E-state index in [1.54, 1.807) is 0 Å². The summed E-state index contributed by atoms with van der Waals surface area (Å²) >= 11 is 9.02. The molecule has 0 spiro atoms. The van der Waals surface area contributed by atoms with Crippen LogP contribution in [0.5, 0.6) is 0 Å². The number of aliphatic hydroxyl groups is 1. The van der Waals surface area contributed by atoms with Gasteiger partial charge in [0.2, 0.25) is 0 Å². The molecule has 2 N–H and O–H groups in total. The fraction of sp³-hybridized carbons (Fsp3) is 0.364. The summed E-state index contributed by atoms with van der Waals surface area (Å²) in [6.45, 7) is -0.0291. The summed E-state index contributed by atoms with van der Waals surface area (Å²) in [6.07, 6.45) is 0.608. The third-order valence-corrected chi connectivity index (χ3v) is 3.60. The van der Waals surface area contributed by atoms with Gasteiger partial charge in [-0.1, -0.05) is 11.6 Å². The number of β-amino-alcohol motifs (C(OH)–C–C–N with tert-alkyl or cyclic N) is 1. The zero-order valence-corrected chi connectivity index (χ0v) is 11.9. The first kappa shape index (κ1) is 14.2. The van der Waals surface area contributed by atoms with Crippen molar-refractivity contribution in [2.75, 3.05) is 6.54 Å². The standard InChI is InChI=1S/C11H10BrClN2O4/c12-5-1-7(9(13)14-3-5)10(17)15-4-6(16)2-8(15)11(18)19/h1,3,6,8,16H,2,4H2,(H,18,19)/t6?,8-/m0/s1. The Hall–Kier alpha value is -1.18. The number of aliphatic hydroxyl groups excluding tert-OH is 1. The van der Waals surface area contributed by atoms with E-state index in [1.165, 1.54) is 12.3 Å². The second-order valence-corrected chi connectivity index (χ2v) is 5.47. The number of halogens is 2. The van der Waals surface area contributed by atoms with Crippen molar-refractivity contribution >= 4 is 39.4 Å². The summed E-state index contributed by atoms with van der Waals surface area (Å²) in [4.78, 5) is 28.3. The molecule has 1 fully saturated rings. The van der Waals surface area contributed by atoms with Crippen molar-refractivity contribution in [1.29, 1.82) is 0 Å². The van der Waals surface area contributed by atoms with Gasteiger partial charge >= 0.3 is 5.97 Å². The van der Waals surface area contributed by atoms with Gasteiger partial charge in [-0.05, 0) is 22.0 Å². The van der Waals surface area contributed by atoms with Gasteiger partial charge in [0.15, 0.2) is 0 Å². The third kappa shape index (κ3) is 2.88. The molecule has 1 aliphatic rings. The Morgan fingerprint density at radius 2 is 2.21 bits per heavy atom. The van der Waals surface area contributed by atoms with E-state index in [-0.39, 0.29) is 23.7 Å². The Morgan fingerprint density at radius 1 is 1.53 bits per heavy atom. The van der Waals surface area contributed by atoms with Crippen molar-refractivity contribution in [3.8, 4) is 0 Å². The summed E-state index contributed by atoms with van der Waals surface area (Å²) in [5, 5.41) is 18.6. The molecule has 1 aromatic heterocycles. The normalized spacial score (nSPS) is 22.6. The van der Waals surface area contributed by atoms with Gasteiger partial charge in [0.1, 0.15) is 11.2 Å². The van der Waals surface area contributed by atoms with Crippen LogP contribution in [0.2, 0.25) is 5.15 Å². The van der Waals surface area contributed by atoms with Crippen LogP contribution in [0.15, 0.2) is 16.7 Å². The molecule has 102 valence electrons. The van der Waals surface area contributed by atoms with Crippen LogP contribution in [0, 0.1) is 0 Å². The molecule has 2 rings (SSSR count). The number of pyridine rings is 1. The zero-order chi connectivity index (χ0) is 14.2. The van der Waals surface area contributed by atoms with Crippen LogP contribution in [0.1, 0.15) is 16.8 Å². The summed E-state index contributed by atoms with van der Waals surface area (Å²) < 4.78 is 0.562. The van der Waals surface area contributed by atoms with Crippen molar-refractivity contribution in [2.24, 2.45) is 0 Å². The minimum atomic E-state index is -1.15. The molecule has 1 aromatic rings. The highest BCUT2D eigenvalue weighted by Gasteiger charge is 2.39. The molecular formula is C11H10BrClN2O4. The molecule has 8 heteroatoms. The molecule has 0 saturated carbocycles. The summed E-state index contributed by atoms with van der Waals surface area (Å²) in [6, 6.07) is 0.430. The predicted molar refractivity (Wildman–Crippen MR) is 70.0 cm³/mol. The number of amides is 1. The smallest absolute Gasteiger partial charge is 0.326 e. The van der Waals surface area contributed by atoms with Crippen LogP contribution in [-0.4, -0.2) is 50.7 Å². The molecule has 0 aromatic carbocycles. The molecule has 19 heavy (non-hydrogen) atoms. The van der Waals surface area contributed by atoms with Gasteiger partial charge in [0.25, 0.3) is 5.91 Å². The maximum atomic E-state index is 12.3. The Balaban J connectivity index is 2.33. The number of nitrogens with zero attached hydrogens (tertiary/aromatic N) is 2. The van der Waals surface area contributed by atoms with Crippen LogP contribution < -0.4 is 0 Å².